The second-order valence-corrected chi connectivity index (χ2v) is 2.97. The SMILES string of the molecule is COC(CN/C(C)=C/C(=O)C(F)(F)F)OC. The largest absolute Gasteiger partial charge is 0.454 e. The van der Waals surface area contributed by atoms with E-state index in [1.54, 1.807) is 0 Å². The van der Waals surface area contributed by atoms with Gasteiger partial charge in [-0.05, 0) is 6.92 Å². The number of ether oxygens (including phenoxy) is 2. The molecular weight excluding hydrogens is 227 g/mol. The second-order valence-electron chi connectivity index (χ2n) is 2.97. The lowest BCUT2D eigenvalue weighted by atomic mass is 10.3. The van der Waals surface area contributed by atoms with Crippen molar-refractivity contribution in [2.24, 2.45) is 0 Å². The number of hydrogen-bond acceptors (Lipinski definition) is 4. The van der Waals surface area contributed by atoms with Gasteiger partial charge in [0.05, 0.1) is 6.54 Å². The lowest BCUT2D eigenvalue weighted by Gasteiger charge is -2.15. The molecule has 0 radical (unpaired) electrons. The Kier molecular flexibility index (Phi) is 6.05. The number of rotatable bonds is 6. The van der Waals surface area contributed by atoms with E-state index in [9.17, 15) is 18.0 Å². The van der Waals surface area contributed by atoms with Crippen LogP contribution in [0, 0.1) is 0 Å². The third kappa shape index (κ3) is 5.72. The first-order chi connectivity index (χ1) is 7.31. The van der Waals surface area contributed by atoms with Gasteiger partial charge in [-0.1, -0.05) is 0 Å². The second kappa shape index (κ2) is 6.49. The van der Waals surface area contributed by atoms with Crippen LogP contribution in [0.1, 0.15) is 6.92 Å². The Morgan fingerprint density at radius 2 is 1.88 bits per heavy atom. The number of carbonyl (C=O) groups excluding carboxylic acids is 1. The highest BCUT2D eigenvalue weighted by atomic mass is 19.4. The third-order valence-corrected chi connectivity index (χ3v) is 1.70. The maximum absolute atomic E-state index is 11.9. The van der Waals surface area contributed by atoms with Gasteiger partial charge in [0.2, 0.25) is 0 Å². The van der Waals surface area contributed by atoms with E-state index in [1.807, 2.05) is 0 Å². The smallest absolute Gasteiger partial charge is 0.383 e. The predicted molar refractivity (Wildman–Crippen MR) is 50.6 cm³/mol. The van der Waals surface area contributed by atoms with Crippen LogP contribution >= 0.6 is 0 Å². The van der Waals surface area contributed by atoms with Gasteiger partial charge in [-0.25, -0.2) is 0 Å². The molecule has 0 unspecified atom stereocenters. The van der Waals surface area contributed by atoms with Gasteiger partial charge in [0.1, 0.15) is 0 Å². The summed E-state index contributed by atoms with van der Waals surface area (Å²) in [6.45, 7) is 1.51. The van der Waals surface area contributed by atoms with Crippen LogP contribution < -0.4 is 5.32 Å². The Bertz CT molecular complexity index is 259. The number of alkyl halides is 3. The van der Waals surface area contributed by atoms with E-state index in [4.69, 9.17) is 9.47 Å². The summed E-state index contributed by atoms with van der Waals surface area (Å²) in [5, 5.41) is 2.58. The minimum absolute atomic E-state index is 0.0985. The van der Waals surface area contributed by atoms with Gasteiger partial charge >= 0.3 is 6.18 Å². The average Bonchev–Trinajstić information content (AvgIpc) is 2.17. The summed E-state index contributed by atoms with van der Waals surface area (Å²) < 4.78 is 45.2. The molecule has 1 N–H and O–H groups in total. The summed E-state index contributed by atoms with van der Waals surface area (Å²) in [4.78, 5) is 10.6. The summed E-state index contributed by atoms with van der Waals surface area (Å²) in [5.74, 6) is -1.90. The molecule has 94 valence electrons. The maximum atomic E-state index is 11.9. The summed E-state index contributed by atoms with van der Waals surface area (Å²) >= 11 is 0. The number of methoxy groups -OCH3 is 2. The van der Waals surface area contributed by atoms with Crippen molar-refractivity contribution in [3.8, 4) is 0 Å². The topological polar surface area (TPSA) is 47.6 Å². The molecule has 0 fully saturated rings. The zero-order valence-corrected chi connectivity index (χ0v) is 9.22. The quantitative estimate of drug-likeness (QED) is 0.561. The Morgan fingerprint density at radius 1 is 1.38 bits per heavy atom. The first kappa shape index (κ1) is 14.9. The Labute approximate surface area is 91.4 Å². The first-order valence-electron chi connectivity index (χ1n) is 4.40. The first-order valence-corrected chi connectivity index (χ1v) is 4.40. The fourth-order valence-corrected chi connectivity index (χ4v) is 0.837. The fourth-order valence-electron chi connectivity index (χ4n) is 0.837. The number of ketones is 1. The van der Waals surface area contributed by atoms with Crippen molar-refractivity contribution < 1.29 is 27.4 Å². The Balaban J connectivity index is 4.20. The maximum Gasteiger partial charge on any atom is 0.454 e. The van der Waals surface area contributed by atoms with E-state index in [0.29, 0.717) is 6.08 Å². The number of carbonyl (C=O) groups is 1. The van der Waals surface area contributed by atoms with Gasteiger partial charge in [0, 0.05) is 26.0 Å². The molecule has 7 heteroatoms. The third-order valence-electron chi connectivity index (χ3n) is 1.70. The molecule has 0 atom stereocenters. The van der Waals surface area contributed by atoms with E-state index < -0.39 is 18.2 Å². The van der Waals surface area contributed by atoms with E-state index in [1.165, 1.54) is 21.1 Å². The van der Waals surface area contributed by atoms with Crippen LogP contribution in [0.2, 0.25) is 0 Å². The van der Waals surface area contributed by atoms with E-state index in [-0.39, 0.29) is 12.2 Å². The molecule has 0 rings (SSSR count). The molecule has 0 spiro atoms. The molecule has 0 aliphatic carbocycles. The standard InChI is InChI=1S/C9H14F3NO3/c1-6(4-7(14)9(10,11)12)13-5-8(15-2)16-3/h4,8,13H,5H2,1-3H3/b6-4+. The molecule has 0 amide bonds. The normalized spacial score (nSPS) is 13.1. The molecule has 0 bridgehead atoms. The number of hydrogen-bond donors (Lipinski definition) is 1. The zero-order chi connectivity index (χ0) is 12.8. The lowest BCUT2D eigenvalue weighted by Crippen LogP contribution is -2.29. The van der Waals surface area contributed by atoms with Crippen molar-refractivity contribution in [1.82, 2.24) is 5.32 Å². The van der Waals surface area contributed by atoms with Crippen LogP contribution in [-0.2, 0) is 14.3 Å². The highest BCUT2D eigenvalue weighted by molar-refractivity contribution is 5.94. The predicted octanol–water partition coefficient (Wildman–Crippen LogP) is 1.23. The summed E-state index contributed by atoms with van der Waals surface area (Å²) in [7, 11) is 2.80. The van der Waals surface area contributed by atoms with Gasteiger partial charge in [-0.15, -0.1) is 0 Å². The van der Waals surface area contributed by atoms with Crippen LogP contribution in [0.3, 0.4) is 0 Å². The number of halogens is 3. The van der Waals surface area contributed by atoms with Crippen LogP contribution in [-0.4, -0.2) is 39.0 Å². The summed E-state index contributed by atoms with van der Waals surface area (Å²) in [5.41, 5.74) is 0.0985. The molecule has 0 heterocycles. The van der Waals surface area contributed by atoms with E-state index in [0.717, 1.165) is 0 Å². The molecule has 4 nitrogen and oxygen atoms in total. The molecule has 0 aliphatic heterocycles. The van der Waals surface area contributed by atoms with Gasteiger partial charge in [-0.3, -0.25) is 4.79 Å². The molecule has 0 aliphatic rings. The van der Waals surface area contributed by atoms with Crippen molar-refractivity contribution in [1.29, 1.82) is 0 Å². The molecule has 0 saturated heterocycles. The van der Waals surface area contributed by atoms with Crippen molar-refractivity contribution in [3.05, 3.63) is 11.8 Å². The fraction of sp³-hybridized carbons (Fsp3) is 0.667. The van der Waals surface area contributed by atoms with Crippen molar-refractivity contribution >= 4 is 5.78 Å². The molecule has 16 heavy (non-hydrogen) atoms. The summed E-state index contributed by atoms with van der Waals surface area (Å²) in [6, 6.07) is 0. The van der Waals surface area contributed by atoms with Crippen LogP contribution in [0.4, 0.5) is 13.2 Å². The van der Waals surface area contributed by atoms with Crippen molar-refractivity contribution in [2.45, 2.75) is 19.4 Å². The van der Waals surface area contributed by atoms with Gasteiger partial charge in [0.15, 0.2) is 6.29 Å². The Hall–Kier alpha value is -1.08. The van der Waals surface area contributed by atoms with E-state index in [2.05, 4.69) is 5.32 Å². The molecular formula is C9H14F3NO3. The monoisotopic (exact) mass is 241 g/mol. The number of allylic oxidation sites excluding steroid dienone is 2. The molecule has 0 aromatic carbocycles. The number of nitrogens with one attached hydrogen (secondary N) is 1. The highest BCUT2D eigenvalue weighted by Gasteiger charge is 2.36. The minimum atomic E-state index is -4.84. The zero-order valence-electron chi connectivity index (χ0n) is 9.22. The van der Waals surface area contributed by atoms with Gasteiger partial charge in [0.25, 0.3) is 5.78 Å². The van der Waals surface area contributed by atoms with Crippen molar-refractivity contribution in [2.75, 3.05) is 20.8 Å². The van der Waals surface area contributed by atoms with Gasteiger partial charge < -0.3 is 14.8 Å². The molecule has 0 aromatic rings. The van der Waals surface area contributed by atoms with Crippen LogP contribution in [0.15, 0.2) is 11.8 Å². The molecule has 0 aromatic heterocycles. The van der Waals surface area contributed by atoms with Crippen LogP contribution in [0.5, 0.6) is 0 Å². The van der Waals surface area contributed by atoms with Crippen LogP contribution in [0.25, 0.3) is 0 Å². The Morgan fingerprint density at radius 3 is 2.25 bits per heavy atom. The lowest BCUT2D eigenvalue weighted by molar-refractivity contribution is -0.165. The molecule has 0 saturated carbocycles. The van der Waals surface area contributed by atoms with Gasteiger partial charge in [-0.2, -0.15) is 13.2 Å². The van der Waals surface area contributed by atoms with Crippen molar-refractivity contribution in [3.63, 3.8) is 0 Å². The summed E-state index contributed by atoms with van der Waals surface area (Å²) in [6.07, 6.45) is -4.93. The highest BCUT2D eigenvalue weighted by Crippen LogP contribution is 2.16. The average molecular weight is 241 g/mol. The van der Waals surface area contributed by atoms with E-state index >= 15 is 0 Å². The minimum Gasteiger partial charge on any atom is -0.383 e.